The van der Waals surface area contributed by atoms with Crippen LogP contribution in [0.25, 0.3) is 0 Å². The Morgan fingerprint density at radius 1 is 1.07 bits per heavy atom. The third-order valence-corrected chi connectivity index (χ3v) is 7.26. The predicted octanol–water partition coefficient (Wildman–Crippen LogP) is 3.93. The van der Waals surface area contributed by atoms with E-state index in [4.69, 9.17) is 0 Å². The lowest BCUT2D eigenvalue weighted by Crippen LogP contribution is -2.52. The van der Waals surface area contributed by atoms with Gasteiger partial charge in [-0.05, 0) is 30.1 Å². The molecular formula is C12H18Br2O. The molecular weight excluding hydrogens is 320 g/mol. The summed E-state index contributed by atoms with van der Waals surface area (Å²) in [5.41, 5.74) is 0.399. The number of hydrogen-bond donors (Lipinski definition) is 0. The van der Waals surface area contributed by atoms with Gasteiger partial charge in [0.2, 0.25) is 0 Å². The van der Waals surface area contributed by atoms with E-state index >= 15 is 0 Å². The number of ketones is 1. The zero-order chi connectivity index (χ0) is 11.2. The fourth-order valence-corrected chi connectivity index (χ4v) is 5.56. The zero-order valence-corrected chi connectivity index (χ0v) is 12.5. The second kappa shape index (κ2) is 4.14. The molecule has 2 aliphatic carbocycles. The first kappa shape index (κ1) is 12.1. The Kier molecular flexibility index (Phi) is 3.34. The van der Waals surface area contributed by atoms with E-state index in [0.29, 0.717) is 23.0 Å². The van der Waals surface area contributed by atoms with Crippen molar-refractivity contribution in [3.63, 3.8) is 0 Å². The minimum atomic E-state index is 0.0520. The summed E-state index contributed by atoms with van der Waals surface area (Å²) < 4.78 is 0. The van der Waals surface area contributed by atoms with Crippen molar-refractivity contribution in [3.05, 3.63) is 0 Å². The van der Waals surface area contributed by atoms with Crippen LogP contribution >= 0.6 is 31.9 Å². The molecule has 4 atom stereocenters. The van der Waals surface area contributed by atoms with Crippen molar-refractivity contribution in [2.45, 2.75) is 49.2 Å². The predicted molar refractivity (Wildman–Crippen MR) is 69.7 cm³/mol. The fraction of sp³-hybridized carbons (Fsp3) is 0.917. The van der Waals surface area contributed by atoms with Crippen LogP contribution in [0.1, 0.15) is 39.5 Å². The van der Waals surface area contributed by atoms with Gasteiger partial charge in [-0.25, -0.2) is 0 Å². The minimum absolute atomic E-state index is 0.0520. The summed E-state index contributed by atoms with van der Waals surface area (Å²) in [7, 11) is 0. The Bertz CT molecular complexity index is 251. The number of Topliss-reactive ketones (excluding diaryl/α,β-unsaturated/α-hetero) is 1. The Morgan fingerprint density at radius 2 is 1.47 bits per heavy atom. The van der Waals surface area contributed by atoms with Crippen molar-refractivity contribution in [2.24, 2.45) is 17.3 Å². The highest BCUT2D eigenvalue weighted by molar-refractivity contribution is 9.10. The molecule has 2 rings (SSSR count). The normalized spacial score (nSPS) is 44.9. The highest BCUT2D eigenvalue weighted by atomic mass is 79.9. The third-order valence-electron chi connectivity index (χ3n) is 4.77. The monoisotopic (exact) mass is 336 g/mol. The molecule has 0 aromatic heterocycles. The number of carbonyl (C=O) groups excluding carboxylic acids is 1. The van der Waals surface area contributed by atoms with E-state index in [-0.39, 0.29) is 9.65 Å². The average Bonchev–Trinajstić information content (AvgIpc) is 2.72. The molecule has 1 nitrogen and oxygen atoms in total. The van der Waals surface area contributed by atoms with Gasteiger partial charge in [0.1, 0.15) is 0 Å². The zero-order valence-electron chi connectivity index (χ0n) is 9.30. The maximum Gasteiger partial charge on any atom is 0.160 e. The maximum absolute atomic E-state index is 12.0. The van der Waals surface area contributed by atoms with Crippen LogP contribution in [0.5, 0.6) is 0 Å². The van der Waals surface area contributed by atoms with Gasteiger partial charge in [-0.2, -0.15) is 0 Å². The van der Waals surface area contributed by atoms with Crippen LogP contribution in [0.3, 0.4) is 0 Å². The largest absolute Gasteiger partial charge is 0.297 e. The quantitative estimate of drug-likeness (QED) is 0.612. The number of hydrogen-bond acceptors (Lipinski definition) is 1. The molecule has 3 heteroatoms. The molecule has 0 radical (unpaired) electrons. The summed E-state index contributed by atoms with van der Waals surface area (Å²) in [4.78, 5) is 12.1. The van der Waals surface area contributed by atoms with Gasteiger partial charge in [0.05, 0.1) is 9.65 Å². The van der Waals surface area contributed by atoms with Crippen LogP contribution in [0.4, 0.5) is 0 Å². The first-order chi connectivity index (χ1) is 7.00. The molecule has 0 amide bonds. The Labute approximate surface area is 109 Å². The van der Waals surface area contributed by atoms with Crippen molar-refractivity contribution < 1.29 is 4.79 Å². The number of alkyl halides is 2. The number of rotatable bonds is 0. The van der Waals surface area contributed by atoms with Crippen LogP contribution in [0, 0.1) is 17.3 Å². The lowest BCUT2D eigenvalue weighted by atomic mass is 9.60. The SMILES string of the molecule is CC1C(Br)C(=O)C(Br)C(C)C12CCCC2. The molecule has 15 heavy (non-hydrogen) atoms. The minimum Gasteiger partial charge on any atom is -0.297 e. The van der Waals surface area contributed by atoms with Crippen molar-refractivity contribution in [3.8, 4) is 0 Å². The first-order valence-corrected chi connectivity index (χ1v) is 7.66. The summed E-state index contributed by atoms with van der Waals surface area (Å²) in [6.07, 6.45) is 5.27. The Balaban J connectivity index is 2.33. The van der Waals surface area contributed by atoms with E-state index in [2.05, 4.69) is 45.7 Å². The summed E-state index contributed by atoms with van der Waals surface area (Å²) in [5.74, 6) is 1.31. The maximum atomic E-state index is 12.0. The van der Waals surface area contributed by atoms with Gasteiger partial charge in [0.15, 0.2) is 5.78 Å². The number of carbonyl (C=O) groups is 1. The second-order valence-electron chi connectivity index (χ2n) is 5.22. The standard InChI is InChI=1S/C12H18Br2O/c1-7-9(13)11(15)10(14)8(2)12(7)5-3-4-6-12/h7-10H,3-6H2,1-2H3. The van der Waals surface area contributed by atoms with Crippen molar-refractivity contribution in [1.29, 1.82) is 0 Å². The Hall–Kier alpha value is 0.630. The van der Waals surface area contributed by atoms with E-state index in [0.717, 1.165) is 0 Å². The van der Waals surface area contributed by atoms with Gasteiger partial charge in [0, 0.05) is 0 Å². The molecule has 0 saturated heterocycles. The van der Waals surface area contributed by atoms with E-state index in [1.54, 1.807) is 0 Å². The van der Waals surface area contributed by atoms with Crippen LogP contribution in [-0.4, -0.2) is 15.4 Å². The summed E-state index contributed by atoms with van der Waals surface area (Å²) in [5, 5.41) is 0. The van der Waals surface area contributed by atoms with Crippen molar-refractivity contribution in [2.75, 3.05) is 0 Å². The van der Waals surface area contributed by atoms with Gasteiger partial charge in [-0.15, -0.1) is 0 Å². The van der Waals surface area contributed by atoms with Crippen LogP contribution < -0.4 is 0 Å². The fourth-order valence-electron chi connectivity index (χ4n) is 3.59. The highest BCUT2D eigenvalue weighted by Crippen LogP contribution is 2.57. The third kappa shape index (κ3) is 1.65. The molecule has 2 saturated carbocycles. The summed E-state index contributed by atoms with van der Waals surface area (Å²) >= 11 is 7.18. The van der Waals surface area contributed by atoms with Gasteiger partial charge in [0.25, 0.3) is 0 Å². The van der Waals surface area contributed by atoms with Crippen LogP contribution in [0.2, 0.25) is 0 Å². The molecule has 0 aliphatic heterocycles. The second-order valence-corrected chi connectivity index (χ2v) is 7.20. The molecule has 2 aliphatic rings. The summed E-state index contributed by atoms with van der Waals surface area (Å²) in [6.45, 7) is 4.50. The lowest BCUT2D eigenvalue weighted by Gasteiger charge is -2.49. The van der Waals surface area contributed by atoms with Crippen molar-refractivity contribution >= 4 is 37.6 Å². The molecule has 0 N–H and O–H groups in total. The molecule has 1 spiro atoms. The van der Waals surface area contributed by atoms with E-state index in [1.807, 2.05) is 0 Å². The van der Waals surface area contributed by atoms with Crippen LogP contribution in [-0.2, 0) is 4.79 Å². The molecule has 0 aromatic rings. The molecule has 2 fully saturated rings. The van der Waals surface area contributed by atoms with E-state index in [1.165, 1.54) is 25.7 Å². The lowest BCUT2D eigenvalue weighted by molar-refractivity contribution is -0.125. The van der Waals surface area contributed by atoms with Gasteiger partial charge < -0.3 is 0 Å². The molecule has 0 bridgehead atoms. The van der Waals surface area contributed by atoms with Crippen molar-refractivity contribution in [1.82, 2.24) is 0 Å². The van der Waals surface area contributed by atoms with Gasteiger partial charge >= 0.3 is 0 Å². The smallest absolute Gasteiger partial charge is 0.160 e. The molecule has 4 unspecified atom stereocenters. The molecule has 86 valence electrons. The number of halogens is 2. The van der Waals surface area contributed by atoms with Gasteiger partial charge in [-0.1, -0.05) is 58.5 Å². The van der Waals surface area contributed by atoms with E-state index in [9.17, 15) is 4.79 Å². The highest BCUT2D eigenvalue weighted by Gasteiger charge is 2.54. The topological polar surface area (TPSA) is 17.1 Å². The van der Waals surface area contributed by atoms with Gasteiger partial charge in [-0.3, -0.25) is 4.79 Å². The summed E-state index contributed by atoms with van der Waals surface area (Å²) in [6, 6.07) is 0. The average molecular weight is 338 g/mol. The first-order valence-electron chi connectivity index (χ1n) is 5.82. The van der Waals surface area contributed by atoms with E-state index < -0.39 is 0 Å². The Morgan fingerprint density at radius 3 is 1.87 bits per heavy atom. The molecule has 0 aromatic carbocycles. The van der Waals surface area contributed by atoms with Crippen LogP contribution in [0.15, 0.2) is 0 Å². The molecule has 0 heterocycles.